The fourth-order valence-electron chi connectivity index (χ4n) is 4.04. The number of hydrogen-bond acceptors (Lipinski definition) is 5. The number of amides is 1. The number of piperidine rings is 1. The van der Waals surface area contributed by atoms with E-state index in [9.17, 15) is 17.6 Å². The summed E-state index contributed by atoms with van der Waals surface area (Å²) in [6.45, 7) is 4.39. The van der Waals surface area contributed by atoms with Gasteiger partial charge in [-0.05, 0) is 50.0 Å². The molecular weight excluding hydrogens is 440 g/mol. The van der Waals surface area contributed by atoms with Crippen molar-refractivity contribution < 1.29 is 17.6 Å². The van der Waals surface area contributed by atoms with Crippen molar-refractivity contribution in [3.8, 4) is 0 Å². The van der Waals surface area contributed by atoms with Crippen molar-refractivity contribution in [3.63, 3.8) is 0 Å². The van der Waals surface area contributed by atoms with Gasteiger partial charge in [-0.1, -0.05) is 12.1 Å². The van der Waals surface area contributed by atoms with Crippen LogP contribution in [0.1, 0.15) is 24.8 Å². The number of hydrogen-bond donors (Lipinski definition) is 1. The quantitative estimate of drug-likeness (QED) is 0.728. The summed E-state index contributed by atoms with van der Waals surface area (Å²) in [7, 11) is -3.49. The van der Waals surface area contributed by atoms with Crippen molar-refractivity contribution in [1.29, 1.82) is 0 Å². The van der Waals surface area contributed by atoms with Gasteiger partial charge in [0.15, 0.2) is 14.6 Å². The van der Waals surface area contributed by atoms with Crippen molar-refractivity contribution in [2.24, 2.45) is 0 Å². The van der Waals surface area contributed by atoms with Gasteiger partial charge in [0.05, 0.1) is 0 Å². The van der Waals surface area contributed by atoms with E-state index in [-0.39, 0.29) is 36.5 Å². The van der Waals surface area contributed by atoms with Gasteiger partial charge in [-0.3, -0.25) is 9.69 Å². The molecule has 1 aromatic carbocycles. The maximum absolute atomic E-state index is 13.2. The van der Waals surface area contributed by atoms with Crippen LogP contribution in [0.25, 0.3) is 0 Å². The Labute approximate surface area is 184 Å². The van der Waals surface area contributed by atoms with Gasteiger partial charge >= 0.3 is 0 Å². The van der Waals surface area contributed by atoms with Crippen LogP contribution in [0.15, 0.2) is 24.3 Å². The lowest BCUT2D eigenvalue weighted by Gasteiger charge is -2.38. The second-order valence-electron chi connectivity index (χ2n) is 7.56. The molecule has 10 heteroatoms. The van der Waals surface area contributed by atoms with E-state index in [1.807, 2.05) is 0 Å². The number of benzene rings is 1. The summed E-state index contributed by atoms with van der Waals surface area (Å²) in [6, 6.07) is 6.46. The molecule has 0 bridgehead atoms. The van der Waals surface area contributed by atoms with Crippen molar-refractivity contribution in [3.05, 3.63) is 35.6 Å². The number of sulfone groups is 1. The second kappa shape index (κ2) is 10.9. The molecule has 0 spiro atoms. The fourth-order valence-corrected chi connectivity index (χ4v) is 5.43. The SMILES string of the molecule is CS(=O)(=O)C1(C(=O)N2CCCN(Cc3ccc(F)cc3)CC2)CCNCC1.Cl.Cl. The molecule has 1 aromatic rings. The smallest absolute Gasteiger partial charge is 0.244 e. The minimum absolute atomic E-state index is 0. The van der Waals surface area contributed by atoms with E-state index in [4.69, 9.17) is 0 Å². The first-order valence-electron chi connectivity index (χ1n) is 9.48. The number of rotatable bonds is 4. The van der Waals surface area contributed by atoms with E-state index in [1.165, 1.54) is 18.4 Å². The highest BCUT2D eigenvalue weighted by Gasteiger charge is 2.50. The van der Waals surface area contributed by atoms with Gasteiger partial charge in [0.25, 0.3) is 0 Å². The lowest BCUT2D eigenvalue weighted by molar-refractivity contribution is -0.134. The number of nitrogens with one attached hydrogen (secondary N) is 1. The summed E-state index contributed by atoms with van der Waals surface area (Å²) in [5.74, 6) is -0.491. The van der Waals surface area contributed by atoms with Crippen molar-refractivity contribution >= 4 is 40.6 Å². The van der Waals surface area contributed by atoms with Crippen molar-refractivity contribution in [1.82, 2.24) is 15.1 Å². The highest BCUT2D eigenvalue weighted by atomic mass is 35.5. The summed E-state index contributed by atoms with van der Waals surface area (Å²) >= 11 is 0. The molecule has 29 heavy (non-hydrogen) atoms. The maximum Gasteiger partial charge on any atom is 0.244 e. The maximum atomic E-state index is 13.2. The third-order valence-corrected chi connectivity index (χ3v) is 7.71. The number of nitrogens with zero attached hydrogens (tertiary/aromatic N) is 2. The lowest BCUT2D eigenvalue weighted by Crippen LogP contribution is -2.58. The molecule has 2 fully saturated rings. The van der Waals surface area contributed by atoms with Gasteiger partial charge in [-0.15, -0.1) is 24.8 Å². The van der Waals surface area contributed by atoms with Gasteiger partial charge in [0, 0.05) is 39.0 Å². The summed E-state index contributed by atoms with van der Waals surface area (Å²) in [4.78, 5) is 17.2. The second-order valence-corrected chi connectivity index (χ2v) is 9.89. The Hall–Kier alpha value is -0.930. The minimum Gasteiger partial charge on any atom is -0.340 e. The molecule has 0 unspecified atom stereocenters. The Balaban J connectivity index is 0.00000210. The van der Waals surface area contributed by atoms with Gasteiger partial charge in [-0.2, -0.15) is 0 Å². The van der Waals surface area contributed by atoms with E-state index < -0.39 is 14.6 Å². The molecule has 0 radical (unpaired) electrons. The Bertz CT molecular complexity index is 771. The molecule has 2 saturated heterocycles. The van der Waals surface area contributed by atoms with Crippen LogP contribution in [0.4, 0.5) is 4.39 Å². The van der Waals surface area contributed by atoms with E-state index in [0.29, 0.717) is 52.1 Å². The molecule has 6 nitrogen and oxygen atoms in total. The third-order valence-electron chi connectivity index (χ3n) is 5.71. The molecule has 2 aliphatic rings. The highest BCUT2D eigenvalue weighted by Crippen LogP contribution is 2.30. The fraction of sp³-hybridized carbons (Fsp3) is 0.632. The zero-order valence-corrected chi connectivity index (χ0v) is 19.1. The summed E-state index contributed by atoms with van der Waals surface area (Å²) in [5, 5.41) is 3.15. The average molecular weight is 470 g/mol. The zero-order valence-electron chi connectivity index (χ0n) is 16.6. The normalized spacial score (nSPS) is 20.1. The van der Waals surface area contributed by atoms with Crippen LogP contribution in [-0.2, 0) is 21.2 Å². The van der Waals surface area contributed by atoms with Gasteiger partial charge < -0.3 is 10.2 Å². The predicted octanol–water partition coefficient (Wildman–Crippen LogP) is 1.87. The topological polar surface area (TPSA) is 69.7 Å². The summed E-state index contributed by atoms with van der Waals surface area (Å²) in [6.07, 6.45) is 2.65. The van der Waals surface area contributed by atoms with Crippen LogP contribution in [0.2, 0.25) is 0 Å². The van der Waals surface area contributed by atoms with E-state index in [0.717, 1.165) is 18.5 Å². The van der Waals surface area contributed by atoms with Crippen molar-refractivity contribution in [2.75, 3.05) is 45.5 Å². The third kappa shape index (κ3) is 6.04. The van der Waals surface area contributed by atoms with E-state index in [1.54, 1.807) is 17.0 Å². The molecular formula is C19H30Cl2FN3O3S. The Morgan fingerprint density at radius 1 is 1.07 bits per heavy atom. The average Bonchev–Trinajstić information content (AvgIpc) is 2.88. The van der Waals surface area contributed by atoms with Crippen LogP contribution in [0.5, 0.6) is 0 Å². The first-order chi connectivity index (χ1) is 12.8. The molecule has 0 aromatic heterocycles. The number of halogens is 3. The van der Waals surface area contributed by atoms with E-state index >= 15 is 0 Å². The molecule has 1 amide bonds. The van der Waals surface area contributed by atoms with Crippen molar-refractivity contribution in [2.45, 2.75) is 30.6 Å². The zero-order chi connectivity index (χ0) is 19.5. The van der Waals surface area contributed by atoms with Crippen LogP contribution in [-0.4, -0.2) is 74.4 Å². The van der Waals surface area contributed by atoms with Gasteiger partial charge in [-0.25, -0.2) is 12.8 Å². The molecule has 1 N–H and O–H groups in total. The number of carbonyl (C=O) groups excluding carboxylic acids is 1. The number of carbonyl (C=O) groups is 1. The molecule has 0 atom stereocenters. The molecule has 3 rings (SSSR count). The summed E-state index contributed by atoms with van der Waals surface area (Å²) < 4.78 is 36.8. The summed E-state index contributed by atoms with van der Waals surface area (Å²) in [5.41, 5.74) is 1.03. The Morgan fingerprint density at radius 2 is 1.69 bits per heavy atom. The highest BCUT2D eigenvalue weighted by molar-refractivity contribution is 7.92. The predicted molar refractivity (Wildman–Crippen MR) is 117 cm³/mol. The first-order valence-corrected chi connectivity index (χ1v) is 11.4. The Morgan fingerprint density at radius 3 is 2.28 bits per heavy atom. The van der Waals surface area contributed by atoms with E-state index in [2.05, 4.69) is 10.2 Å². The molecule has 0 aliphatic carbocycles. The van der Waals surface area contributed by atoms with Crippen LogP contribution >= 0.6 is 24.8 Å². The van der Waals surface area contributed by atoms with Crippen LogP contribution < -0.4 is 5.32 Å². The molecule has 2 heterocycles. The standard InChI is InChI=1S/C19H28FN3O3S.2ClH/c1-27(25,26)19(7-9-21-10-8-19)18(24)23-12-2-11-22(13-14-23)15-16-3-5-17(20)6-4-16;;/h3-6,21H,2,7-15H2,1H3;2*1H. The van der Waals surface area contributed by atoms with Crippen LogP contribution in [0.3, 0.4) is 0 Å². The first kappa shape index (κ1) is 26.1. The van der Waals surface area contributed by atoms with Gasteiger partial charge in [0.2, 0.25) is 5.91 Å². The monoisotopic (exact) mass is 469 g/mol. The molecule has 166 valence electrons. The van der Waals surface area contributed by atoms with Crippen LogP contribution in [0, 0.1) is 5.82 Å². The minimum atomic E-state index is -3.49. The molecule has 0 saturated carbocycles. The largest absolute Gasteiger partial charge is 0.340 e. The van der Waals surface area contributed by atoms with Gasteiger partial charge in [0.1, 0.15) is 5.82 Å². The lowest BCUT2D eigenvalue weighted by atomic mass is 9.95. The molecule has 2 aliphatic heterocycles. The Kier molecular flexibility index (Phi) is 9.82.